The third-order valence-electron chi connectivity index (χ3n) is 5.03. The van der Waals surface area contributed by atoms with Crippen molar-refractivity contribution in [3.63, 3.8) is 0 Å². The number of hydrogen-bond donors (Lipinski definition) is 1. The van der Waals surface area contributed by atoms with Gasteiger partial charge in [-0.2, -0.15) is 0 Å². The van der Waals surface area contributed by atoms with Gasteiger partial charge in [0.05, 0.1) is 6.61 Å². The van der Waals surface area contributed by atoms with Crippen LogP contribution in [0.1, 0.15) is 47.0 Å². The molecule has 3 heteroatoms. The first-order chi connectivity index (χ1) is 8.82. The molecule has 1 heterocycles. The molecule has 0 aromatic rings. The summed E-state index contributed by atoms with van der Waals surface area (Å²) in [6, 6.07) is 1.38. The van der Waals surface area contributed by atoms with Gasteiger partial charge in [-0.3, -0.25) is 0 Å². The first-order valence-corrected chi connectivity index (χ1v) is 7.84. The molecular weight excluding hydrogens is 236 g/mol. The van der Waals surface area contributed by atoms with Crippen molar-refractivity contribution in [1.29, 1.82) is 0 Å². The Morgan fingerprint density at radius 1 is 1.37 bits per heavy atom. The lowest BCUT2D eigenvalue weighted by Gasteiger charge is -2.40. The number of ether oxygens (including phenoxy) is 1. The second kappa shape index (κ2) is 5.71. The minimum absolute atomic E-state index is 0.330. The standard InChI is InChI=1S/C16H32N2O/c1-13(15(2,3)4)18(5)11-16(8-9-19-12-16)10-17-14-6-7-14/h13-14,17H,6-12H2,1-5H3. The largest absolute Gasteiger partial charge is 0.381 e. The van der Waals surface area contributed by atoms with E-state index in [1.54, 1.807) is 0 Å². The molecule has 0 spiro atoms. The second-order valence-electron chi connectivity index (χ2n) is 7.91. The number of rotatable bonds is 6. The number of nitrogens with zero attached hydrogens (tertiary/aromatic N) is 1. The highest BCUT2D eigenvalue weighted by atomic mass is 16.5. The molecule has 0 aromatic carbocycles. The summed E-state index contributed by atoms with van der Waals surface area (Å²) in [5.74, 6) is 0. The summed E-state index contributed by atoms with van der Waals surface area (Å²) in [5, 5.41) is 3.72. The average molecular weight is 268 g/mol. The molecule has 0 aromatic heterocycles. The van der Waals surface area contributed by atoms with E-state index in [9.17, 15) is 0 Å². The van der Waals surface area contributed by atoms with Crippen LogP contribution < -0.4 is 5.32 Å². The fourth-order valence-corrected chi connectivity index (χ4v) is 2.94. The topological polar surface area (TPSA) is 24.5 Å². The monoisotopic (exact) mass is 268 g/mol. The van der Waals surface area contributed by atoms with Gasteiger partial charge in [0, 0.05) is 37.2 Å². The summed E-state index contributed by atoms with van der Waals surface area (Å²) in [5.41, 5.74) is 0.663. The number of nitrogens with one attached hydrogen (secondary N) is 1. The molecule has 2 rings (SSSR count). The zero-order valence-electron chi connectivity index (χ0n) is 13.5. The van der Waals surface area contributed by atoms with Gasteiger partial charge in [0.25, 0.3) is 0 Å². The molecule has 3 nitrogen and oxygen atoms in total. The predicted octanol–water partition coefficient (Wildman–Crippen LogP) is 2.51. The van der Waals surface area contributed by atoms with Crippen molar-refractivity contribution in [3.05, 3.63) is 0 Å². The summed E-state index contributed by atoms with van der Waals surface area (Å²) in [7, 11) is 2.27. The van der Waals surface area contributed by atoms with E-state index < -0.39 is 0 Å². The van der Waals surface area contributed by atoms with E-state index in [0.717, 1.165) is 32.3 Å². The van der Waals surface area contributed by atoms with Gasteiger partial charge < -0.3 is 15.0 Å². The summed E-state index contributed by atoms with van der Waals surface area (Å²) in [4.78, 5) is 2.53. The maximum atomic E-state index is 5.71. The van der Waals surface area contributed by atoms with Crippen LogP contribution in [0.15, 0.2) is 0 Å². The SMILES string of the molecule is CC(N(C)CC1(CNC2CC2)CCOC1)C(C)(C)C. The van der Waals surface area contributed by atoms with Crippen molar-refractivity contribution in [2.24, 2.45) is 10.8 Å². The highest BCUT2D eigenvalue weighted by Gasteiger charge is 2.39. The Labute approximate surface area is 119 Å². The van der Waals surface area contributed by atoms with Gasteiger partial charge >= 0.3 is 0 Å². The lowest BCUT2D eigenvalue weighted by molar-refractivity contribution is 0.0697. The summed E-state index contributed by atoms with van der Waals surface area (Å²) in [6.07, 6.45) is 3.93. The van der Waals surface area contributed by atoms with E-state index in [4.69, 9.17) is 4.74 Å². The van der Waals surface area contributed by atoms with Crippen LogP contribution in [-0.2, 0) is 4.74 Å². The van der Waals surface area contributed by atoms with Gasteiger partial charge in [-0.1, -0.05) is 20.8 Å². The Balaban J connectivity index is 1.91. The molecule has 2 unspecified atom stereocenters. The van der Waals surface area contributed by atoms with Gasteiger partial charge in [-0.05, 0) is 38.6 Å². The fraction of sp³-hybridized carbons (Fsp3) is 1.00. The minimum Gasteiger partial charge on any atom is -0.381 e. The van der Waals surface area contributed by atoms with Crippen LogP contribution in [0.4, 0.5) is 0 Å². The Morgan fingerprint density at radius 2 is 2.05 bits per heavy atom. The summed E-state index contributed by atoms with van der Waals surface area (Å²) < 4.78 is 5.71. The molecule has 2 fully saturated rings. The van der Waals surface area contributed by atoms with Crippen molar-refractivity contribution in [2.75, 3.05) is 33.4 Å². The van der Waals surface area contributed by atoms with Crippen molar-refractivity contribution in [1.82, 2.24) is 10.2 Å². The van der Waals surface area contributed by atoms with Gasteiger partial charge in [0.2, 0.25) is 0 Å². The van der Waals surface area contributed by atoms with Crippen molar-refractivity contribution < 1.29 is 4.74 Å². The Bertz CT molecular complexity index is 288. The Hall–Kier alpha value is -0.120. The molecule has 0 bridgehead atoms. The van der Waals surface area contributed by atoms with Crippen LogP contribution >= 0.6 is 0 Å². The third-order valence-corrected chi connectivity index (χ3v) is 5.03. The van der Waals surface area contributed by atoms with Crippen molar-refractivity contribution in [3.8, 4) is 0 Å². The van der Waals surface area contributed by atoms with Crippen LogP contribution in [0.25, 0.3) is 0 Å². The molecule has 0 amide bonds. The zero-order chi connectivity index (χ0) is 14.1. The van der Waals surface area contributed by atoms with Gasteiger partial charge in [-0.15, -0.1) is 0 Å². The minimum atomic E-state index is 0.330. The molecule has 1 aliphatic carbocycles. The fourth-order valence-electron chi connectivity index (χ4n) is 2.94. The maximum absolute atomic E-state index is 5.71. The molecule has 2 aliphatic rings. The van der Waals surface area contributed by atoms with E-state index in [1.807, 2.05) is 0 Å². The van der Waals surface area contributed by atoms with E-state index in [-0.39, 0.29) is 0 Å². The van der Waals surface area contributed by atoms with E-state index in [1.165, 1.54) is 19.3 Å². The van der Waals surface area contributed by atoms with Gasteiger partial charge in [0.15, 0.2) is 0 Å². The first kappa shape index (κ1) is 15.3. The quantitative estimate of drug-likeness (QED) is 0.801. The molecule has 1 saturated heterocycles. The van der Waals surface area contributed by atoms with Gasteiger partial charge in [-0.25, -0.2) is 0 Å². The van der Waals surface area contributed by atoms with Crippen molar-refractivity contribution in [2.45, 2.75) is 59.0 Å². The third kappa shape index (κ3) is 4.17. The van der Waals surface area contributed by atoms with Crippen LogP contribution in [0.3, 0.4) is 0 Å². The molecule has 1 N–H and O–H groups in total. The zero-order valence-corrected chi connectivity index (χ0v) is 13.5. The normalized spacial score (nSPS) is 30.0. The van der Waals surface area contributed by atoms with Crippen LogP contribution in [0.2, 0.25) is 0 Å². The summed E-state index contributed by atoms with van der Waals surface area (Å²) in [6.45, 7) is 13.5. The number of hydrogen-bond acceptors (Lipinski definition) is 3. The Morgan fingerprint density at radius 3 is 2.53 bits per heavy atom. The maximum Gasteiger partial charge on any atom is 0.0547 e. The van der Waals surface area contributed by atoms with Crippen molar-refractivity contribution >= 4 is 0 Å². The van der Waals surface area contributed by atoms with Crippen LogP contribution in [-0.4, -0.2) is 50.3 Å². The molecular formula is C16H32N2O. The van der Waals surface area contributed by atoms with E-state index in [2.05, 4.69) is 45.0 Å². The highest BCUT2D eigenvalue weighted by molar-refractivity contribution is 4.93. The Kier molecular flexibility index (Phi) is 4.59. The average Bonchev–Trinajstić information content (AvgIpc) is 3.05. The lowest BCUT2D eigenvalue weighted by atomic mass is 9.83. The summed E-state index contributed by atoms with van der Waals surface area (Å²) >= 11 is 0. The van der Waals surface area contributed by atoms with Gasteiger partial charge in [0.1, 0.15) is 0 Å². The van der Waals surface area contributed by atoms with Crippen LogP contribution in [0, 0.1) is 10.8 Å². The first-order valence-electron chi connectivity index (χ1n) is 7.84. The predicted molar refractivity (Wildman–Crippen MR) is 80.4 cm³/mol. The second-order valence-corrected chi connectivity index (χ2v) is 7.91. The molecule has 2 atom stereocenters. The molecule has 0 radical (unpaired) electrons. The van der Waals surface area contributed by atoms with Crippen LogP contribution in [0.5, 0.6) is 0 Å². The molecule has 112 valence electrons. The molecule has 19 heavy (non-hydrogen) atoms. The lowest BCUT2D eigenvalue weighted by Crippen LogP contribution is -2.49. The smallest absolute Gasteiger partial charge is 0.0547 e. The van der Waals surface area contributed by atoms with E-state index in [0.29, 0.717) is 16.9 Å². The van der Waals surface area contributed by atoms with E-state index >= 15 is 0 Å². The molecule has 1 saturated carbocycles. The highest BCUT2D eigenvalue weighted by Crippen LogP contribution is 2.33. The molecule has 1 aliphatic heterocycles.